The lowest BCUT2D eigenvalue weighted by Gasteiger charge is -2.43. The van der Waals surface area contributed by atoms with Crippen LogP contribution in [0.4, 0.5) is 0 Å². The first-order valence-electron chi connectivity index (χ1n) is 9.57. The zero-order valence-electron chi connectivity index (χ0n) is 17.3. The molecule has 1 aromatic rings. The molecule has 1 fully saturated rings. The van der Waals surface area contributed by atoms with E-state index in [1.807, 2.05) is 0 Å². The van der Waals surface area contributed by atoms with Crippen LogP contribution in [-0.2, 0) is 30.4 Å². The Morgan fingerprint density at radius 2 is 2.07 bits per heavy atom. The van der Waals surface area contributed by atoms with Gasteiger partial charge in [-0.3, -0.25) is 14.5 Å². The van der Waals surface area contributed by atoms with E-state index in [9.17, 15) is 19.5 Å². The number of aliphatic hydroxyl groups excluding tert-OH is 1. The van der Waals surface area contributed by atoms with Crippen LogP contribution in [0.1, 0.15) is 40.5 Å². The van der Waals surface area contributed by atoms with E-state index >= 15 is 0 Å². The molecule has 2 aliphatic rings. The van der Waals surface area contributed by atoms with Crippen LogP contribution in [0.5, 0.6) is 0 Å². The lowest BCUT2D eigenvalue weighted by molar-refractivity contribution is -0.174. The molecule has 1 aromatic heterocycles. The fourth-order valence-electron chi connectivity index (χ4n) is 3.13. The summed E-state index contributed by atoms with van der Waals surface area (Å²) in [6, 6.07) is 0. The molecule has 1 N–H and O–H groups in total. The number of hydrogen-bond donors (Lipinski definition) is 1. The molecule has 1 saturated heterocycles. The number of tetrazole rings is 1. The normalized spacial score (nSPS) is 21.9. The number of aryl methyl sites for hydroxylation is 1. The molecule has 0 bridgehead atoms. The van der Waals surface area contributed by atoms with Gasteiger partial charge in [0, 0.05) is 11.4 Å². The number of aliphatic hydroxyl groups is 1. The fraction of sp³-hybridized carbons (Fsp3) is 0.667. The Morgan fingerprint density at radius 3 is 2.67 bits per heavy atom. The second-order valence-electron chi connectivity index (χ2n) is 8.16. The number of carbonyl (C=O) groups excluding carboxylic acids is 3. The third-order valence-electron chi connectivity index (χ3n) is 4.74. The summed E-state index contributed by atoms with van der Waals surface area (Å²) in [6.45, 7) is 6.63. The van der Waals surface area contributed by atoms with E-state index in [4.69, 9.17) is 9.47 Å². The molecule has 0 aromatic carbocycles. The number of hydrogen-bond acceptors (Lipinski definition) is 10. The van der Waals surface area contributed by atoms with Gasteiger partial charge in [0.25, 0.3) is 0 Å². The second kappa shape index (κ2) is 8.72. The summed E-state index contributed by atoms with van der Waals surface area (Å²) in [7, 11) is 0. The van der Waals surface area contributed by atoms with Crippen molar-refractivity contribution in [2.75, 3.05) is 6.79 Å². The predicted octanol–water partition coefficient (Wildman–Crippen LogP) is 0.667. The first-order valence-corrected chi connectivity index (χ1v) is 10.4. The number of β-lactam (4-membered cyclic amide) rings is 1. The van der Waals surface area contributed by atoms with Crippen LogP contribution in [-0.4, -0.2) is 66.3 Å². The summed E-state index contributed by atoms with van der Waals surface area (Å²) >= 11 is 1.37. The number of thioether (sulfide) groups is 1. The van der Waals surface area contributed by atoms with Crippen molar-refractivity contribution >= 4 is 29.6 Å². The van der Waals surface area contributed by atoms with Crippen LogP contribution in [0.25, 0.3) is 0 Å². The maximum Gasteiger partial charge on any atom is 0.358 e. The molecule has 3 atom stereocenters. The molecule has 0 spiro atoms. The standard InChI is InChI=1S/C18H25N5O6S/c1-10(24)12-14(25)23-13(16(26)28-9-29-17(27)18(2,3)4)11(30-15(12)23)6-5-7-22-8-19-20-21-22/h8,10,12,15,24H,5-7,9H2,1-4H3/t10-,12+,15-/m1/s1. The second-order valence-corrected chi connectivity index (χ2v) is 9.37. The Balaban J connectivity index is 1.67. The smallest absolute Gasteiger partial charge is 0.358 e. The van der Waals surface area contributed by atoms with Crippen LogP contribution < -0.4 is 0 Å². The molecule has 11 nitrogen and oxygen atoms in total. The number of ether oxygens (including phenoxy) is 2. The molecule has 30 heavy (non-hydrogen) atoms. The fourth-order valence-corrected chi connectivity index (χ4v) is 4.78. The molecule has 1 amide bonds. The van der Waals surface area contributed by atoms with Crippen molar-refractivity contribution in [3.63, 3.8) is 0 Å². The number of fused-ring (bicyclic) bond motifs is 1. The Morgan fingerprint density at radius 1 is 1.33 bits per heavy atom. The van der Waals surface area contributed by atoms with Crippen LogP contribution >= 0.6 is 11.8 Å². The Labute approximate surface area is 177 Å². The molecule has 0 unspecified atom stereocenters. The monoisotopic (exact) mass is 439 g/mol. The third-order valence-corrected chi connectivity index (χ3v) is 6.17. The number of nitrogens with zero attached hydrogens (tertiary/aromatic N) is 5. The average Bonchev–Trinajstić information content (AvgIpc) is 3.26. The minimum absolute atomic E-state index is 0.149. The highest BCUT2D eigenvalue weighted by atomic mass is 32.2. The van der Waals surface area contributed by atoms with E-state index in [1.54, 1.807) is 32.4 Å². The van der Waals surface area contributed by atoms with Crippen LogP contribution in [0.15, 0.2) is 16.9 Å². The molecule has 3 heterocycles. The molecular weight excluding hydrogens is 414 g/mol. The largest absolute Gasteiger partial charge is 0.427 e. The SMILES string of the molecule is C[C@@H](O)[C@H]1C(=O)N2C(C(=O)OCOC(=O)C(C)(C)C)=C(CCCn3cnnn3)S[C@H]12. The minimum Gasteiger partial charge on any atom is -0.427 e. The van der Waals surface area contributed by atoms with Crippen molar-refractivity contribution in [1.29, 1.82) is 0 Å². The van der Waals surface area contributed by atoms with Gasteiger partial charge in [-0.05, 0) is 51.0 Å². The van der Waals surface area contributed by atoms with Gasteiger partial charge in [0.15, 0.2) is 0 Å². The average molecular weight is 439 g/mol. The van der Waals surface area contributed by atoms with Crippen molar-refractivity contribution in [2.45, 2.75) is 58.6 Å². The predicted molar refractivity (Wildman–Crippen MR) is 104 cm³/mol. The number of carbonyl (C=O) groups is 3. The maximum atomic E-state index is 12.7. The van der Waals surface area contributed by atoms with Gasteiger partial charge in [0.2, 0.25) is 12.7 Å². The topological polar surface area (TPSA) is 137 Å². The summed E-state index contributed by atoms with van der Waals surface area (Å²) in [5.74, 6) is -2.13. The maximum absolute atomic E-state index is 12.7. The van der Waals surface area contributed by atoms with Crippen molar-refractivity contribution in [3.8, 4) is 0 Å². The number of esters is 2. The number of allylic oxidation sites excluding steroid dienone is 1. The summed E-state index contributed by atoms with van der Waals surface area (Å²) < 4.78 is 11.7. The van der Waals surface area contributed by atoms with E-state index < -0.39 is 36.2 Å². The highest BCUT2D eigenvalue weighted by Crippen LogP contribution is 2.51. The Bertz CT molecular complexity index is 848. The van der Waals surface area contributed by atoms with E-state index in [2.05, 4.69) is 15.5 Å². The number of rotatable bonds is 8. The van der Waals surface area contributed by atoms with Crippen LogP contribution in [0.2, 0.25) is 0 Å². The van der Waals surface area contributed by atoms with Gasteiger partial charge in [-0.15, -0.1) is 16.9 Å². The summed E-state index contributed by atoms with van der Waals surface area (Å²) in [5, 5.41) is 20.5. The van der Waals surface area contributed by atoms with Crippen molar-refractivity contribution < 1.29 is 29.0 Å². The van der Waals surface area contributed by atoms with Gasteiger partial charge >= 0.3 is 11.9 Å². The first kappa shape index (κ1) is 22.2. The molecule has 12 heteroatoms. The Hall–Kier alpha value is -2.47. The van der Waals surface area contributed by atoms with Crippen molar-refractivity contribution in [3.05, 3.63) is 16.9 Å². The number of aromatic nitrogens is 4. The van der Waals surface area contributed by atoms with Crippen molar-refractivity contribution in [2.24, 2.45) is 11.3 Å². The summed E-state index contributed by atoms with van der Waals surface area (Å²) in [6.07, 6.45) is 1.81. The molecular formula is C18H25N5O6S. The van der Waals surface area contributed by atoms with Gasteiger partial charge < -0.3 is 14.6 Å². The van der Waals surface area contributed by atoms with E-state index in [0.717, 1.165) is 0 Å². The van der Waals surface area contributed by atoms with Gasteiger partial charge in [-0.25, -0.2) is 9.48 Å². The minimum atomic E-state index is -0.822. The summed E-state index contributed by atoms with van der Waals surface area (Å²) in [5.41, 5.74) is -0.574. The van der Waals surface area contributed by atoms with Gasteiger partial charge in [0.1, 0.15) is 17.4 Å². The molecule has 0 aliphatic carbocycles. The quantitative estimate of drug-likeness (QED) is 0.349. The Kier molecular flexibility index (Phi) is 6.46. The zero-order valence-corrected chi connectivity index (χ0v) is 18.1. The molecule has 3 rings (SSSR count). The van der Waals surface area contributed by atoms with E-state index in [1.165, 1.54) is 23.0 Å². The number of amides is 1. The zero-order chi connectivity index (χ0) is 22.1. The highest BCUT2D eigenvalue weighted by molar-refractivity contribution is 8.04. The highest BCUT2D eigenvalue weighted by Gasteiger charge is 2.57. The molecule has 164 valence electrons. The third kappa shape index (κ3) is 4.48. The molecule has 0 saturated carbocycles. The van der Waals surface area contributed by atoms with E-state index in [0.29, 0.717) is 24.3 Å². The molecule has 2 aliphatic heterocycles. The van der Waals surface area contributed by atoms with Crippen LogP contribution in [0, 0.1) is 11.3 Å². The van der Waals surface area contributed by atoms with Gasteiger partial charge in [-0.1, -0.05) is 0 Å². The van der Waals surface area contributed by atoms with Crippen LogP contribution in [0.3, 0.4) is 0 Å². The van der Waals surface area contributed by atoms with Gasteiger partial charge in [-0.2, -0.15) is 0 Å². The van der Waals surface area contributed by atoms with Gasteiger partial charge in [0.05, 0.1) is 17.4 Å². The lowest BCUT2D eigenvalue weighted by Crippen LogP contribution is -2.60. The lowest BCUT2D eigenvalue weighted by atomic mass is 9.92. The molecule has 0 radical (unpaired) electrons. The van der Waals surface area contributed by atoms with E-state index in [-0.39, 0.29) is 17.0 Å². The summed E-state index contributed by atoms with van der Waals surface area (Å²) in [4.78, 5) is 39.1. The first-order chi connectivity index (χ1) is 14.1. The van der Waals surface area contributed by atoms with Crippen molar-refractivity contribution in [1.82, 2.24) is 25.1 Å².